The van der Waals surface area contributed by atoms with Gasteiger partial charge in [0.2, 0.25) is 5.43 Å². The van der Waals surface area contributed by atoms with E-state index in [1.54, 1.807) is 6.92 Å². The van der Waals surface area contributed by atoms with E-state index < -0.39 is 0 Å². The predicted molar refractivity (Wildman–Crippen MR) is 117 cm³/mol. The zero-order valence-electron chi connectivity index (χ0n) is 16.6. The summed E-state index contributed by atoms with van der Waals surface area (Å²) in [5.41, 5.74) is 3.77. The number of H-pyrrole nitrogens is 2. The molecule has 4 aromatic rings. The summed E-state index contributed by atoms with van der Waals surface area (Å²) in [6, 6.07) is 19.6. The van der Waals surface area contributed by atoms with Crippen molar-refractivity contribution in [1.82, 2.24) is 15.3 Å². The van der Waals surface area contributed by atoms with Gasteiger partial charge in [-0.25, -0.2) is 0 Å². The number of amides is 1. The molecule has 152 valence electrons. The lowest BCUT2D eigenvalue weighted by atomic mass is 9.91. The number of rotatable bonds is 7. The maximum absolute atomic E-state index is 12.4. The SMILES string of the molecule is Cc1cc(=O)c(OCC(=O)NC[C@H](c2ccccc2)c2c[nH]c3ccccc23)c[nH]1. The summed E-state index contributed by atoms with van der Waals surface area (Å²) in [7, 11) is 0. The second-order valence-electron chi connectivity index (χ2n) is 7.19. The van der Waals surface area contributed by atoms with Crippen LogP contribution < -0.4 is 15.5 Å². The third-order valence-electron chi connectivity index (χ3n) is 5.08. The summed E-state index contributed by atoms with van der Waals surface area (Å²) in [5.74, 6) is -0.170. The molecule has 2 heterocycles. The highest BCUT2D eigenvalue weighted by Gasteiger charge is 2.19. The summed E-state index contributed by atoms with van der Waals surface area (Å²) in [6.07, 6.45) is 3.47. The Morgan fingerprint density at radius 1 is 1.03 bits per heavy atom. The van der Waals surface area contributed by atoms with Crippen molar-refractivity contribution in [1.29, 1.82) is 0 Å². The van der Waals surface area contributed by atoms with Crippen molar-refractivity contribution in [2.24, 2.45) is 0 Å². The fraction of sp³-hybridized carbons (Fsp3) is 0.167. The molecule has 2 aromatic carbocycles. The number of aryl methyl sites for hydroxylation is 1. The highest BCUT2D eigenvalue weighted by molar-refractivity contribution is 5.84. The van der Waals surface area contributed by atoms with Crippen molar-refractivity contribution in [3.05, 3.63) is 100 Å². The van der Waals surface area contributed by atoms with E-state index in [0.717, 1.165) is 27.7 Å². The van der Waals surface area contributed by atoms with Crippen LogP contribution in [0.3, 0.4) is 0 Å². The van der Waals surface area contributed by atoms with Gasteiger partial charge in [-0.2, -0.15) is 0 Å². The molecule has 0 radical (unpaired) electrons. The third kappa shape index (κ3) is 4.27. The first-order chi connectivity index (χ1) is 14.6. The second kappa shape index (κ2) is 8.69. The van der Waals surface area contributed by atoms with Crippen molar-refractivity contribution in [2.45, 2.75) is 12.8 Å². The molecule has 4 rings (SSSR count). The molecule has 0 saturated carbocycles. The molecular weight excluding hydrogens is 378 g/mol. The zero-order chi connectivity index (χ0) is 20.9. The normalized spacial score (nSPS) is 11.9. The molecule has 0 unspecified atom stereocenters. The quantitative estimate of drug-likeness (QED) is 0.443. The minimum absolute atomic E-state index is 0.0194. The number of para-hydroxylation sites is 1. The van der Waals surface area contributed by atoms with Gasteiger partial charge in [-0.15, -0.1) is 0 Å². The number of hydrogen-bond donors (Lipinski definition) is 3. The summed E-state index contributed by atoms with van der Waals surface area (Å²) < 4.78 is 5.39. The number of pyridine rings is 1. The molecule has 2 aromatic heterocycles. The van der Waals surface area contributed by atoms with Crippen molar-refractivity contribution < 1.29 is 9.53 Å². The lowest BCUT2D eigenvalue weighted by Gasteiger charge is -2.18. The summed E-state index contributed by atoms with van der Waals surface area (Å²) in [5, 5.41) is 4.07. The van der Waals surface area contributed by atoms with Gasteiger partial charge in [0, 0.05) is 47.5 Å². The Hall–Kier alpha value is -3.80. The number of fused-ring (bicyclic) bond motifs is 1. The molecule has 0 bridgehead atoms. The van der Waals surface area contributed by atoms with Crippen molar-refractivity contribution >= 4 is 16.8 Å². The number of carbonyl (C=O) groups is 1. The van der Waals surface area contributed by atoms with Gasteiger partial charge in [0.1, 0.15) is 0 Å². The molecule has 1 atom stereocenters. The van der Waals surface area contributed by atoms with E-state index in [-0.39, 0.29) is 29.6 Å². The molecule has 6 heteroatoms. The summed E-state index contributed by atoms with van der Waals surface area (Å²) in [6.45, 7) is 1.98. The van der Waals surface area contributed by atoms with E-state index in [2.05, 4.69) is 33.5 Å². The van der Waals surface area contributed by atoms with Crippen LogP contribution in [0.25, 0.3) is 10.9 Å². The van der Waals surface area contributed by atoms with Crippen LogP contribution in [0, 0.1) is 6.92 Å². The Morgan fingerprint density at radius 3 is 2.60 bits per heavy atom. The largest absolute Gasteiger partial charge is 0.478 e. The fourth-order valence-corrected chi connectivity index (χ4v) is 3.56. The lowest BCUT2D eigenvalue weighted by Crippen LogP contribution is -2.33. The van der Waals surface area contributed by atoms with E-state index in [0.29, 0.717) is 6.54 Å². The Labute approximate surface area is 173 Å². The van der Waals surface area contributed by atoms with Crippen LogP contribution in [0.4, 0.5) is 0 Å². The van der Waals surface area contributed by atoms with Crippen LogP contribution in [0.15, 0.2) is 77.9 Å². The van der Waals surface area contributed by atoms with Crippen LogP contribution in [0.5, 0.6) is 5.75 Å². The first kappa shape index (κ1) is 19.5. The Balaban J connectivity index is 1.48. The highest BCUT2D eigenvalue weighted by atomic mass is 16.5. The molecule has 0 aliphatic rings. The molecule has 0 aliphatic carbocycles. The number of carbonyl (C=O) groups excluding carboxylic acids is 1. The van der Waals surface area contributed by atoms with E-state index in [1.807, 2.05) is 42.6 Å². The first-order valence-corrected chi connectivity index (χ1v) is 9.81. The Bertz CT molecular complexity index is 1210. The first-order valence-electron chi connectivity index (χ1n) is 9.81. The van der Waals surface area contributed by atoms with Gasteiger partial charge < -0.3 is 20.0 Å². The Kier molecular flexibility index (Phi) is 5.66. The zero-order valence-corrected chi connectivity index (χ0v) is 16.6. The average molecular weight is 401 g/mol. The van der Waals surface area contributed by atoms with Crippen molar-refractivity contribution in [3.63, 3.8) is 0 Å². The molecule has 0 fully saturated rings. The van der Waals surface area contributed by atoms with Crippen LogP contribution in [0.1, 0.15) is 22.7 Å². The topological polar surface area (TPSA) is 87.0 Å². The highest BCUT2D eigenvalue weighted by Crippen LogP contribution is 2.30. The molecule has 1 amide bonds. The van der Waals surface area contributed by atoms with E-state index >= 15 is 0 Å². The molecule has 0 spiro atoms. The molecule has 0 aliphatic heterocycles. The van der Waals surface area contributed by atoms with Gasteiger partial charge in [-0.1, -0.05) is 48.5 Å². The van der Waals surface area contributed by atoms with Gasteiger partial charge in [0.15, 0.2) is 12.4 Å². The predicted octanol–water partition coefficient (Wildman–Crippen LogP) is 3.49. The molecular formula is C24H23N3O3. The van der Waals surface area contributed by atoms with Crippen molar-refractivity contribution in [2.75, 3.05) is 13.2 Å². The minimum Gasteiger partial charge on any atom is -0.478 e. The van der Waals surface area contributed by atoms with E-state index in [1.165, 1.54) is 12.3 Å². The maximum Gasteiger partial charge on any atom is 0.257 e. The fourth-order valence-electron chi connectivity index (χ4n) is 3.56. The third-order valence-corrected chi connectivity index (χ3v) is 5.08. The monoisotopic (exact) mass is 401 g/mol. The Morgan fingerprint density at radius 2 is 1.80 bits per heavy atom. The lowest BCUT2D eigenvalue weighted by molar-refractivity contribution is -0.123. The number of aromatic amines is 2. The average Bonchev–Trinajstić information content (AvgIpc) is 3.18. The second-order valence-corrected chi connectivity index (χ2v) is 7.19. The van der Waals surface area contributed by atoms with Gasteiger partial charge >= 0.3 is 0 Å². The van der Waals surface area contributed by atoms with Gasteiger partial charge in [-0.3, -0.25) is 9.59 Å². The molecule has 0 saturated heterocycles. The van der Waals surface area contributed by atoms with Gasteiger partial charge in [0.05, 0.1) is 0 Å². The van der Waals surface area contributed by atoms with Gasteiger partial charge in [-0.05, 0) is 24.1 Å². The van der Waals surface area contributed by atoms with E-state index in [9.17, 15) is 9.59 Å². The molecule has 3 N–H and O–H groups in total. The number of benzene rings is 2. The van der Waals surface area contributed by atoms with Crippen LogP contribution in [-0.2, 0) is 4.79 Å². The maximum atomic E-state index is 12.4. The number of aromatic nitrogens is 2. The van der Waals surface area contributed by atoms with Crippen LogP contribution >= 0.6 is 0 Å². The smallest absolute Gasteiger partial charge is 0.257 e. The van der Waals surface area contributed by atoms with Gasteiger partial charge in [0.25, 0.3) is 5.91 Å². The standard InChI is InChI=1S/C24H23N3O3/c1-16-11-22(28)23(14-25-16)30-15-24(29)27-12-19(17-7-3-2-4-8-17)20-13-26-21-10-6-5-9-18(20)21/h2-11,13-14,19,26H,12,15H2,1H3,(H,25,28)(H,27,29)/t19-/m1/s1. The number of ether oxygens (including phenoxy) is 1. The number of hydrogen-bond acceptors (Lipinski definition) is 3. The summed E-state index contributed by atoms with van der Waals surface area (Å²) in [4.78, 5) is 30.5. The minimum atomic E-state index is -0.282. The summed E-state index contributed by atoms with van der Waals surface area (Å²) >= 11 is 0. The van der Waals surface area contributed by atoms with Crippen LogP contribution in [0.2, 0.25) is 0 Å². The van der Waals surface area contributed by atoms with Crippen LogP contribution in [-0.4, -0.2) is 29.0 Å². The van der Waals surface area contributed by atoms with Crippen molar-refractivity contribution in [3.8, 4) is 5.75 Å². The molecule has 6 nitrogen and oxygen atoms in total. The number of nitrogens with one attached hydrogen (secondary N) is 3. The van der Waals surface area contributed by atoms with E-state index in [4.69, 9.17) is 4.74 Å². The molecule has 30 heavy (non-hydrogen) atoms.